The molecule has 0 spiro atoms. The van der Waals surface area contributed by atoms with E-state index in [2.05, 4.69) is 5.32 Å². The summed E-state index contributed by atoms with van der Waals surface area (Å²) in [5.41, 5.74) is -0.561. The van der Waals surface area contributed by atoms with Crippen LogP contribution in [0.2, 0.25) is 0 Å². The van der Waals surface area contributed by atoms with Gasteiger partial charge in [0.2, 0.25) is 0 Å². The van der Waals surface area contributed by atoms with Gasteiger partial charge in [0.1, 0.15) is 5.60 Å². The molecule has 19 heavy (non-hydrogen) atoms. The Labute approximate surface area is 114 Å². The minimum Gasteiger partial charge on any atom is -0.481 e. The van der Waals surface area contributed by atoms with Crippen LogP contribution in [0.3, 0.4) is 0 Å². The summed E-state index contributed by atoms with van der Waals surface area (Å²) in [6, 6.07) is 0. The molecule has 2 N–H and O–H groups in total. The number of ether oxygens (including phenoxy) is 1. The molecule has 1 rings (SSSR count). The van der Waals surface area contributed by atoms with Crippen LogP contribution in [0.5, 0.6) is 0 Å². The largest absolute Gasteiger partial charge is 0.481 e. The van der Waals surface area contributed by atoms with Crippen molar-refractivity contribution in [3.63, 3.8) is 0 Å². The molecule has 1 fully saturated rings. The quantitative estimate of drug-likeness (QED) is 0.806. The topological polar surface area (TPSA) is 75.6 Å². The minimum atomic E-state index is -0.844. The van der Waals surface area contributed by atoms with Crippen LogP contribution in [0.1, 0.15) is 52.9 Å². The molecule has 1 saturated carbocycles. The predicted molar refractivity (Wildman–Crippen MR) is 71.9 cm³/mol. The third-order valence-corrected chi connectivity index (χ3v) is 3.33. The van der Waals surface area contributed by atoms with Gasteiger partial charge in [-0.1, -0.05) is 25.7 Å². The fourth-order valence-corrected chi connectivity index (χ4v) is 2.44. The summed E-state index contributed by atoms with van der Waals surface area (Å²) in [4.78, 5) is 22.7. The monoisotopic (exact) mass is 271 g/mol. The zero-order valence-electron chi connectivity index (χ0n) is 12.1. The smallest absolute Gasteiger partial charge is 0.407 e. The lowest BCUT2D eigenvalue weighted by Gasteiger charge is -2.21. The van der Waals surface area contributed by atoms with E-state index in [0.717, 1.165) is 12.8 Å². The molecule has 1 aliphatic carbocycles. The van der Waals surface area contributed by atoms with Gasteiger partial charge in [0.05, 0.1) is 5.92 Å². The lowest BCUT2D eigenvalue weighted by Crippen LogP contribution is -2.37. The van der Waals surface area contributed by atoms with Crippen molar-refractivity contribution in [1.29, 1.82) is 0 Å². The molecule has 0 heterocycles. The number of aliphatic carboxylic acids is 1. The molecule has 0 aromatic heterocycles. The van der Waals surface area contributed by atoms with Crippen LogP contribution in [0.15, 0.2) is 0 Å². The average molecular weight is 271 g/mol. The normalized spacial score (nSPS) is 18.1. The number of hydrogen-bond donors (Lipinski definition) is 2. The summed E-state index contributed by atoms with van der Waals surface area (Å²) in [5.74, 6) is -0.875. The molecule has 0 saturated heterocycles. The number of amides is 1. The molecule has 0 radical (unpaired) electrons. The first-order valence-electron chi connectivity index (χ1n) is 6.97. The Morgan fingerprint density at radius 3 is 2.37 bits per heavy atom. The number of alkyl carbamates (subject to hydrolysis) is 1. The van der Waals surface area contributed by atoms with Gasteiger partial charge in [0.25, 0.3) is 0 Å². The Morgan fingerprint density at radius 2 is 1.89 bits per heavy atom. The van der Waals surface area contributed by atoms with Gasteiger partial charge in [0, 0.05) is 6.54 Å². The van der Waals surface area contributed by atoms with E-state index in [1.807, 2.05) is 0 Å². The lowest BCUT2D eigenvalue weighted by molar-refractivity contribution is -0.142. The van der Waals surface area contributed by atoms with Gasteiger partial charge in [0.15, 0.2) is 0 Å². The molecule has 0 unspecified atom stereocenters. The molecular weight excluding hydrogens is 246 g/mol. The van der Waals surface area contributed by atoms with Crippen LogP contribution in [-0.4, -0.2) is 29.3 Å². The molecule has 5 nitrogen and oxygen atoms in total. The number of carboxylic acid groups (broad SMARTS) is 1. The number of hydrogen-bond acceptors (Lipinski definition) is 3. The van der Waals surface area contributed by atoms with E-state index in [1.165, 1.54) is 12.8 Å². The van der Waals surface area contributed by atoms with Crippen LogP contribution < -0.4 is 5.32 Å². The zero-order valence-corrected chi connectivity index (χ0v) is 12.1. The summed E-state index contributed by atoms with van der Waals surface area (Å²) in [6.45, 7) is 5.47. The Balaban J connectivity index is 2.37. The molecule has 1 aliphatic rings. The molecule has 0 bridgehead atoms. The van der Waals surface area contributed by atoms with Crippen molar-refractivity contribution in [2.75, 3.05) is 6.54 Å². The molecule has 0 aromatic rings. The Morgan fingerprint density at radius 1 is 1.32 bits per heavy atom. The van der Waals surface area contributed by atoms with Gasteiger partial charge in [-0.3, -0.25) is 4.79 Å². The van der Waals surface area contributed by atoms with Gasteiger partial charge in [-0.05, 0) is 33.1 Å². The summed E-state index contributed by atoms with van der Waals surface area (Å²) >= 11 is 0. The number of rotatable bonds is 5. The first kappa shape index (κ1) is 15.8. The molecule has 0 aromatic carbocycles. The Hall–Kier alpha value is -1.26. The van der Waals surface area contributed by atoms with Crippen molar-refractivity contribution in [2.45, 2.75) is 58.5 Å². The van der Waals surface area contributed by atoms with Crippen molar-refractivity contribution in [3.05, 3.63) is 0 Å². The third kappa shape index (κ3) is 6.45. The Bertz CT molecular complexity index is 316. The van der Waals surface area contributed by atoms with Gasteiger partial charge >= 0.3 is 12.1 Å². The maximum Gasteiger partial charge on any atom is 0.407 e. The maximum absolute atomic E-state index is 11.5. The molecule has 110 valence electrons. The van der Waals surface area contributed by atoms with Gasteiger partial charge in [-0.2, -0.15) is 0 Å². The highest BCUT2D eigenvalue weighted by molar-refractivity contribution is 5.72. The third-order valence-electron chi connectivity index (χ3n) is 3.33. The van der Waals surface area contributed by atoms with Crippen molar-refractivity contribution < 1.29 is 19.4 Å². The van der Waals surface area contributed by atoms with Crippen molar-refractivity contribution >= 4 is 12.1 Å². The summed E-state index contributed by atoms with van der Waals surface area (Å²) in [7, 11) is 0. The number of carboxylic acids is 1. The highest BCUT2D eigenvalue weighted by atomic mass is 16.6. The molecule has 0 aliphatic heterocycles. The fraction of sp³-hybridized carbons (Fsp3) is 0.857. The molecule has 5 heteroatoms. The van der Waals surface area contributed by atoms with E-state index >= 15 is 0 Å². The van der Waals surface area contributed by atoms with E-state index in [0.29, 0.717) is 12.3 Å². The van der Waals surface area contributed by atoms with Crippen LogP contribution in [-0.2, 0) is 9.53 Å². The van der Waals surface area contributed by atoms with E-state index < -0.39 is 23.6 Å². The Kier molecular flexibility index (Phi) is 5.63. The minimum absolute atomic E-state index is 0.140. The second-order valence-corrected chi connectivity index (χ2v) is 6.30. The summed E-state index contributed by atoms with van der Waals surface area (Å²) in [6.07, 6.45) is 4.69. The van der Waals surface area contributed by atoms with Crippen LogP contribution >= 0.6 is 0 Å². The SMILES string of the molecule is CC(C)(C)OC(=O)NC[C@H](CC1CCCC1)C(=O)O. The number of nitrogens with one attached hydrogen (secondary N) is 1. The summed E-state index contributed by atoms with van der Waals surface area (Å²) in [5, 5.41) is 11.7. The van der Waals surface area contributed by atoms with Crippen molar-refractivity contribution in [2.24, 2.45) is 11.8 Å². The number of carbonyl (C=O) groups is 2. The maximum atomic E-state index is 11.5. The van der Waals surface area contributed by atoms with Crippen LogP contribution in [0.25, 0.3) is 0 Å². The second kappa shape index (κ2) is 6.78. The van der Waals surface area contributed by atoms with Crippen LogP contribution in [0, 0.1) is 11.8 Å². The fourth-order valence-electron chi connectivity index (χ4n) is 2.44. The lowest BCUT2D eigenvalue weighted by atomic mass is 9.93. The van der Waals surface area contributed by atoms with E-state index in [-0.39, 0.29) is 6.54 Å². The van der Waals surface area contributed by atoms with Gasteiger partial charge < -0.3 is 15.2 Å². The zero-order chi connectivity index (χ0) is 14.5. The first-order chi connectivity index (χ1) is 8.78. The van der Waals surface area contributed by atoms with Crippen LogP contribution in [0.4, 0.5) is 4.79 Å². The predicted octanol–water partition coefficient (Wildman–Crippen LogP) is 2.79. The van der Waals surface area contributed by atoms with E-state index in [1.54, 1.807) is 20.8 Å². The summed E-state index contributed by atoms with van der Waals surface area (Å²) < 4.78 is 5.09. The van der Waals surface area contributed by atoms with Gasteiger partial charge in [-0.15, -0.1) is 0 Å². The highest BCUT2D eigenvalue weighted by Gasteiger charge is 2.26. The standard InChI is InChI=1S/C14H25NO4/c1-14(2,3)19-13(18)15-9-11(12(16)17)8-10-6-4-5-7-10/h10-11H,4-9H2,1-3H3,(H,15,18)(H,16,17)/t11-/m0/s1. The molecule has 1 amide bonds. The van der Waals surface area contributed by atoms with Crippen molar-refractivity contribution in [1.82, 2.24) is 5.32 Å². The second-order valence-electron chi connectivity index (χ2n) is 6.30. The van der Waals surface area contributed by atoms with Crippen molar-refractivity contribution in [3.8, 4) is 0 Å². The van der Waals surface area contributed by atoms with Gasteiger partial charge in [-0.25, -0.2) is 4.79 Å². The molecule has 1 atom stereocenters. The van der Waals surface area contributed by atoms with E-state index in [4.69, 9.17) is 4.74 Å². The average Bonchev–Trinajstić information content (AvgIpc) is 2.73. The van der Waals surface area contributed by atoms with E-state index in [9.17, 15) is 14.7 Å². The highest BCUT2D eigenvalue weighted by Crippen LogP contribution is 2.30. The number of carbonyl (C=O) groups excluding carboxylic acids is 1. The molecular formula is C14H25NO4. The first-order valence-corrected chi connectivity index (χ1v) is 6.97.